The van der Waals surface area contributed by atoms with Crippen LogP contribution in [0.1, 0.15) is 110 Å². The molecule has 0 amide bonds. The lowest BCUT2D eigenvalue weighted by atomic mass is 10.1. The fourth-order valence-corrected chi connectivity index (χ4v) is 15.2. The third-order valence-corrected chi connectivity index (χ3v) is 19.7. The molecule has 7 heterocycles. The maximum atomic E-state index is 10.9. The average molecular weight is 1260 g/mol. The summed E-state index contributed by atoms with van der Waals surface area (Å²) in [7, 11) is 0. The van der Waals surface area contributed by atoms with Crippen LogP contribution in [0.2, 0.25) is 0 Å². The predicted molar refractivity (Wildman–Crippen MR) is 339 cm³/mol. The van der Waals surface area contributed by atoms with E-state index in [9.17, 15) is 24.0 Å². The van der Waals surface area contributed by atoms with Crippen LogP contribution in [0.25, 0.3) is 19.5 Å². The zero-order valence-electron chi connectivity index (χ0n) is 48.4. The molecule has 0 spiro atoms. The number of aliphatic carboxylic acids is 1. The summed E-state index contributed by atoms with van der Waals surface area (Å²) in [5.74, 6) is 1.86. The molecule has 21 heteroatoms. The number of hydrogen-bond donors (Lipinski definition) is 1. The van der Waals surface area contributed by atoms with Crippen molar-refractivity contribution >= 4 is 123 Å². The fraction of sp³-hybridized carbons (Fsp3) is 0.450. The number of carboxylic acids is 1. The van der Waals surface area contributed by atoms with Crippen molar-refractivity contribution in [3.63, 3.8) is 0 Å². The Morgan fingerprint density at radius 3 is 1.60 bits per heavy atom. The van der Waals surface area contributed by atoms with E-state index in [1.54, 1.807) is 56.7 Å². The van der Waals surface area contributed by atoms with Gasteiger partial charge in [0.05, 0.1) is 57.3 Å². The first-order valence-corrected chi connectivity index (χ1v) is 33.0. The molecule has 444 valence electrons. The first-order valence-electron chi connectivity index (χ1n) is 26.4. The van der Waals surface area contributed by atoms with Gasteiger partial charge in [-0.2, -0.15) is 0 Å². The van der Waals surface area contributed by atoms with Crippen molar-refractivity contribution in [2.75, 3.05) is 46.2 Å². The lowest BCUT2D eigenvalue weighted by Gasteiger charge is -2.06. The molecular weight excluding hydrogens is 1190 g/mol. The van der Waals surface area contributed by atoms with Crippen molar-refractivity contribution in [1.82, 2.24) is 0 Å². The van der Waals surface area contributed by atoms with Gasteiger partial charge in [0.1, 0.15) is 24.7 Å². The van der Waals surface area contributed by atoms with Gasteiger partial charge < -0.3 is 37.7 Å². The number of carbonyl (C=O) groups excluding carboxylic acids is 4. The molecule has 0 radical (unpaired) electrons. The first kappa shape index (κ1) is 70.4. The molecule has 7 aromatic rings. The van der Waals surface area contributed by atoms with E-state index in [1.165, 1.54) is 118 Å². The van der Waals surface area contributed by atoms with Gasteiger partial charge in [-0.1, -0.05) is 26.2 Å². The van der Waals surface area contributed by atoms with Gasteiger partial charge in [0.15, 0.2) is 0 Å². The molecule has 7 rings (SSSR count). The Bertz CT molecular complexity index is 2910. The van der Waals surface area contributed by atoms with Crippen molar-refractivity contribution in [3.05, 3.63) is 120 Å². The number of hydrogen-bond acceptors (Lipinski definition) is 20. The molecule has 0 aromatic carbocycles. The van der Waals surface area contributed by atoms with Gasteiger partial charge in [0.25, 0.3) is 19.4 Å². The van der Waals surface area contributed by atoms with Gasteiger partial charge in [-0.25, -0.2) is 0 Å². The molecule has 0 aliphatic heterocycles. The van der Waals surface area contributed by atoms with Crippen LogP contribution in [0.4, 0.5) is 0 Å². The van der Waals surface area contributed by atoms with E-state index in [1.807, 2.05) is 55.6 Å². The SMILES string of the molecule is CCCCCCc1cc(C)sc1-c1cc(CC(=O)O)c(C)s1.Cc1cc(CSOC=O)c(C)s1.Cc1cc(OCCCOC=O)c(C)s1.Cc1cc(OCCOCCOC=O)c(C)s1.Cc1ccc(-c2cc(CCOC=O)c(C)s2)s1. The maximum Gasteiger partial charge on any atom is 0.307 e. The zero-order chi connectivity index (χ0) is 59.5. The standard InChI is InChI=1S/C18H24O2S2.C13H14O2S2.C11H16O4S.C10H14O3S.C8H10O2S2/c1-4-5-6-7-8-14-9-12(2)21-18(14)16-10-15(11-17(19)20)13(3)22-16;1-9-3-4-12(16-9)13-7-11(10(2)17-13)5-6-15-8-14;1-9-7-11(10(2)16-9)15-6-5-13-3-4-14-8-12;1-8-6-10(9(2)14-8)13-5-3-4-12-7-11;1-6-3-8(7(2)12-6)4-11-10-5-9/h9-10H,4-8,11H2,1-3H3,(H,19,20);3-4,7-8H,5-6H2,1-2H3;7-8H,3-6H2,1-2H3;6-7H,3-5H2,1-2H3;3,5H,4H2,1-2H3. The van der Waals surface area contributed by atoms with Gasteiger partial charge in [0.2, 0.25) is 0 Å². The minimum atomic E-state index is -0.755. The van der Waals surface area contributed by atoms with Crippen LogP contribution in [0.3, 0.4) is 0 Å². The first-order chi connectivity index (χ1) is 38.9. The van der Waals surface area contributed by atoms with Crippen molar-refractivity contribution in [1.29, 1.82) is 0 Å². The second kappa shape index (κ2) is 40.4. The Hall–Kier alpha value is -4.84. The number of rotatable bonds is 31. The molecule has 0 fully saturated rings. The molecule has 0 aliphatic carbocycles. The summed E-state index contributed by atoms with van der Waals surface area (Å²) in [5, 5.41) is 9.00. The average Bonchev–Trinajstić information content (AvgIpc) is 4.32. The van der Waals surface area contributed by atoms with Gasteiger partial charge in [-0.05, 0) is 153 Å². The monoisotopic (exact) mass is 1260 g/mol. The Balaban J connectivity index is 0.000000270. The molecule has 1 N–H and O–H groups in total. The van der Waals surface area contributed by atoms with E-state index in [-0.39, 0.29) is 6.42 Å². The van der Waals surface area contributed by atoms with Gasteiger partial charge in [-0.15, -0.1) is 79.4 Å². The number of aryl methyl sites for hydroxylation is 11. The number of carbonyl (C=O) groups is 5. The summed E-state index contributed by atoms with van der Waals surface area (Å²) >= 11 is 13.6. The predicted octanol–water partition coefficient (Wildman–Crippen LogP) is 16.6. The highest BCUT2D eigenvalue weighted by Gasteiger charge is 2.16. The molecule has 0 unspecified atom stereocenters. The van der Waals surface area contributed by atoms with E-state index < -0.39 is 5.97 Å². The lowest BCUT2D eigenvalue weighted by Crippen LogP contribution is -2.10. The smallest absolute Gasteiger partial charge is 0.307 e. The molecule has 0 saturated heterocycles. The Labute approximate surface area is 511 Å². The van der Waals surface area contributed by atoms with E-state index in [0.717, 1.165) is 47.0 Å². The molecule has 7 aromatic heterocycles. The van der Waals surface area contributed by atoms with Crippen LogP contribution >= 0.6 is 91.4 Å². The normalized spacial score (nSPS) is 10.4. The molecule has 0 atom stereocenters. The summed E-state index contributed by atoms with van der Waals surface area (Å²) in [6.45, 7) is 28.0. The summed E-state index contributed by atoms with van der Waals surface area (Å²) in [6, 6.07) is 17.1. The Morgan fingerprint density at radius 2 is 1.02 bits per heavy atom. The summed E-state index contributed by atoms with van der Waals surface area (Å²) in [4.78, 5) is 68.3. The number of ether oxygens (including phenoxy) is 6. The number of unbranched alkanes of at least 4 members (excludes halogenated alkanes) is 3. The highest BCUT2D eigenvalue weighted by atomic mass is 32.2. The summed E-state index contributed by atoms with van der Waals surface area (Å²) in [6.07, 6.45) is 7.88. The van der Waals surface area contributed by atoms with Gasteiger partial charge >= 0.3 is 12.4 Å². The van der Waals surface area contributed by atoms with Crippen LogP contribution in [-0.2, 0) is 72.1 Å². The quantitative estimate of drug-likeness (QED) is 0.0188. The van der Waals surface area contributed by atoms with Crippen molar-refractivity contribution in [2.45, 2.75) is 133 Å². The van der Waals surface area contributed by atoms with Crippen LogP contribution in [0.15, 0.2) is 48.5 Å². The number of carboxylic acid groups (broad SMARTS) is 1. The van der Waals surface area contributed by atoms with Crippen molar-refractivity contribution in [2.24, 2.45) is 0 Å². The van der Waals surface area contributed by atoms with Crippen molar-refractivity contribution < 1.29 is 61.7 Å². The van der Waals surface area contributed by atoms with Gasteiger partial charge in [-0.3, -0.25) is 24.0 Å². The molecular formula is C60H78O13S8. The Morgan fingerprint density at radius 1 is 0.469 bits per heavy atom. The molecule has 0 saturated carbocycles. The molecule has 13 nitrogen and oxygen atoms in total. The minimum Gasteiger partial charge on any atom is -0.492 e. The van der Waals surface area contributed by atoms with Crippen LogP contribution in [0, 0.1) is 69.2 Å². The second-order valence-corrected chi connectivity index (χ2v) is 28.3. The van der Waals surface area contributed by atoms with Crippen LogP contribution < -0.4 is 9.47 Å². The highest BCUT2D eigenvalue weighted by molar-refractivity contribution is 7.94. The van der Waals surface area contributed by atoms with Crippen LogP contribution in [0.5, 0.6) is 11.5 Å². The zero-order valence-corrected chi connectivity index (χ0v) is 54.9. The third-order valence-electron chi connectivity index (χ3n) is 11.5. The third kappa shape index (κ3) is 27.9. The van der Waals surface area contributed by atoms with E-state index >= 15 is 0 Å². The maximum absolute atomic E-state index is 10.9. The van der Waals surface area contributed by atoms with Crippen molar-refractivity contribution in [3.8, 4) is 31.0 Å². The summed E-state index contributed by atoms with van der Waals surface area (Å²) < 4.78 is 34.6. The number of thiophene rings is 7. The highest BCUT2D eigenvalue weighted by Crippen LogP contribution is 2.40. The largest absolute Gasteiger partial charge is 0.492 e. The summed E-state index contributed by atoms with van der Waals surface area (Å²) in [5.41, 5.74) is 4.92. The molecule has 0 aliphatic rings. The van der Waals surface area contributed by atoms with E-state index in [4.69, 9.17) is 24.1 Å². The lowest BCUT2D eigenvalue weighted by molar-refractivity contribution is -0.136. The second-order valence-electron chi connectivity index (χ2n) is 18.1. The van der Waals surface area contributed by atoms with Crippen LogP contribution in [-0.4, -0.2) is 83.2 Å². The van der Waals surface area contributed by atoms with Gasteiger partial charge in [0, 0.05) is 81.1 Å². The van der Waals surface area contributed by atoms with E-state index in [2.05, 4.69) is 105 Å². The molecule has 0 bridgehead atoms. The molecule has 81 heavy (non-hydrogen) atoms. The topological polar surface area (TPSA) is 170 Å². The van der Waals surface area contributed by atoms with E-state index in [0.29, 0.717) is 72.1 Å². The minimum absolute atomic E-state index is 0.124. The Kier molecular flexibility index (Phi) is 35.1. The fourth-order valence-electron chi connectivity index (χ4n) is 7.64.